The largest absolute Gasteiger partial charge is 0.330 e. The second-order valence-corrected chi connectivity index (χ2v) is 3.49. The molecule has 1 rings (SSSR count). The fourth-order valence-corrected chi connectivity index (χ4v) is 1.82. The number of benzene rings is 1. The molecule has 2 N–H and O–H groups in total. The van der Waals surface area contributed by atoms with E-state index in [9.17, 15) is 0 Å². The van der Waals surface area contributed by atoms with Gasteiger partial charge in [-0.05, 0) is 49.6 Å². The molecule has 0 fully saturated rings. The lowest BCUT2D eigenvalue weighted by Crippen LogP contribution is -2.04. The molecular formula is C10H14ClN. The van der Waals surface area contributed by atoms with Gasteiger partial charge in [0.15, 0.2) is 0 Å². The van der Waals surface area contributed by atoms with Crippen LogP contribution >= 0.6 is 11.6 Å². The predicted octanol–water partition coefficient (Wildman–Crippen LogP) is 2.46. The maximum atomic E-state index is 6.06. The third-order valence-electron chi connectivity index (χ3n) is 1.96. The van der Waals surface area contributed by atoms with Crippen LogP contribution in [0.1, 0.15) is 16.7 Å². The van der Waals surface area contributed by atoms with Gasteiger partial charge in [0.1, 0.15) is 0 Å². The van der Waals surface area contributed by atoms with E-state index in [0.29, 0.717) is 6.54 Å². The quantitative estimate of drug-likeness (QED) is 0.749. The first-order chi connectivity index (χ1) is 5.65. The molecule has 1 aromatic rings. The minimum atomic E-state index is 0.656. The van der Waals surface area contributed by atoms with Crippen molar-refractivity contribution < 1.29 is 0 Å². The fraction of sp³-hybridized carbons (Fsp3) is 0.400. The van der Waals surface area contributed by atoms with Crippen molar-refractivity contribution in [3.63, 3.8) is 0 Å². The Morgan fingerprint density at radius 2 is 2.00 bits per heavy atom. The second kappa shape index (κ2) is 3.92. The van der Waals surface area contributed by atoms with Gasteiger partial charge in [0, 0.05) is 5.02 Å². The summed E-state index contributed by atoms with van der Waals surface area (Å²) in [7, 11) is 0. The van der Waals surface area contributed by atoms with Crippen LogP contribution in [-0.2, 0) is 6.42 Å². The molecule has 0 aliphatic rings. The topological polar surface area (TPSA) is 26.0 Å². The van der Waals surface area contributed by atoms with Crippen LogP contribution in [0.15, 0.2) is 12.1 Å². The predicted molar refractivity (Wildman–Crippen MR) is 53.7 cm³/mol. The first-order valence-electron chi connectivity index (χ1n) is 4.11. The van der Waals surface area contributed by atoms with E-state index in [4.69, 9.17) is 17.3 Å². The summed E-state index contributed by atoms with van der Waals surface area (Å²) in [4.78, 5) is 0. The van der Waals surface area contributed by atoms with Crippen molar-refractivity contribution in [3.05, 3.63) is 33.8 Å². The van der Waals surface area contributed by atoms with Crippen molar-refractivity contribution in [2.45, 2.75) is 20.3 Å². The maximum absolute atomic E-state index is 6.06. The van der Waals surface area contributed by atoms with Crippen molar-refractivity contribution >= 4 is 11.6 Å². The Labute approximate surface area is 78.5 Å². The normalized spacial score (nSPS) is 10.3. The standard InChI is InChI=1S/C10H14ClN/c1-7-5-8(2)9(3-4-12)10(11)6-7/h5-6H,3-4,12H2,1-2H3. The van der Waals surface area contributed by atoms with Gasteiger partial charge < -0.3 is 5.73 Å². The number of nitrogens with two attached hydrogens (primary N) is 1. The monoisotopic (exact) mass is 183 g/mol. The average Bonchev–Trinajstić information content (AvgIpc) is 1.96. The van der Waals surface area contributed by atoms with Crippen LogP contribution in [0.5, 0.6) is 0 Å². The smallest absolute Gasteiger partial charge is 0.0443 e. The molecule has 1 nitrogen and oxygen atoms in total. The van der Waals surface area contributed by atoms with Crippen LogP contribution in [0.25, 0.3) is 0 Å². The van der Waals surface area contributed by atoms with Gasteiger partial charge in [-0.1, -0.05) is 17.7 Å². The van der Waals surface area contributed by atoms with Gasteiger partial charge in [0.05, 0.1) is 0 Å². The van der Waals surface area contributed by atoms with E-state index in [1.165, 1.54) is 16.7 Å². The van der Waals surface area contributed by atoms with E-state index >= 15 is 0 Å². The Kier molecular flexibility index (Phi) is 3.12. The summed E-state index contributed by atoms with van der Waals surface area (Å²) in [6.07, 6.45) is 0.866. The summed E-state index contributed by atoms with van der Waals surface area (Å²) in [5.41, 5.74) is 9.11. The highest BCUT2D eigenvalue weighted by atomic mass is 35.5. The zero-order valence-electron chi connectivity index (χ0n) is 7.52. The zero-order valence-corrected chi connectivity index (χ0v) is 8.28. The van der Waals surface area contributed by atoms with E-state index in [1.807, 2.05) is 13.0 Å². The summed E-state index contributed by atoms with van der Waals surface area (Å²) >= 11 is 6.06. The zero-order chi connectivity index (χ0) is 9.14. The van der Waals surface area contributed by atoms with Gasteiger partial charge in [0.2, 0.25) is 0 Å². The fourth-order valence-electron chi connectivity index (χ4n) is 1.41. The highest BCUT2D eigenvalue weighted by Gasteiger charge is 2.03. The first-order valence-corrected chi connectivity index (χ1v) is 4.48. The van der Waals surface area contributed by atoms with Crippen LogP contribution in [0.3, 0.4) is 0 Å². The second-order valence-electron chi connectivity index (χ2n) is 3.08. The number of hydrogen-bond donors (Lipinski definition) is 1. The third kappa shape index (κ3) is 1.99. The Morgan fingerprint density at radius 1 is 1.33 bits per heavy atom. The van der Waals surface area contributed by atoms with Gasteiger partial charge in [-0.3, -0.25) is 0 Å². The Morgan fingerprint density at radius 3 is 2.50 bits per heavy atom. The SMILES string of the molecule is Cc1cc(C)c(CCN)c(Cl)c1. The maximum Gasteiger partial charge on any atom is 0.0443 e. The van der Waals surface area contributed by atoms with Crippen LogP contribution < -0.4 is 5.73 Å². The van der Waals surface area contributed by atoms with Gasteiger partial charge in [0.25, 0.3) is 0 Å². The molecule has 0 atom stereocenters. The lowest BCUT2D eigenvalue weighted by molar-refractivity contribution is 0.957. The summed E-state index contributed by atoms with van der Waals surface area (Å²) in [5.74, 6) is 0. The summed E-state index contributed by atoms with van der Waals surface area (Å²) in [5, 5.41) is 0.845. The van der Waals surface area contributed by atoms with Gasteiger partial charge in [-0.2, -0.15) is 0 Å². The molecule has 0 aromatic heterocycles. The number of halogens is 1. The molecule has 0 aliphatic heterocycles. The van der Waals surface area contributed by atoms with Crippen molar-refractivity contribution in [1.29, 1.82) is 0 Å². The van der Waals surface area contributed by atoms with E-state index in [1.54, 1.807) is 0 Å². The van der Waals surface area contributed by atoms with Gasteiger partial charge in [-0.25, -0.2) is 0 Å². The highest BCUT2D eigenvalue weighted by Crippen LogP contribution is 2.21. The lowest BCUT2D eigenvalue weighted by atomic mass is 10.0. The summed E-state index contributed by atoms with van der Waals surface area (Å²) < 4.78 is 0. The molecule has 0 saturated heterocycles. The van der Waals surface area contributed by atoms with Crippen LogP contribution in [0.2, 0.25) is 5.02 Å². The Bertz CT molecular complexity index is 258. The number of hydrogen-bond acceptors (Lipinski definition) is 1. The number of aryl methyl sites for hydroxylation is 2. The van der Waals surface area contributed by atoms with Crippen LogP contribution in [0, 0.1) is 13.8 Å². The van der Waals surface area contributed by atoms with Crippen molar-refractivity contribution in [3.8, 4) is 0 Å². The molecule has 0 unspecified atom stereocenters. The van der Waals surface area contributed by atoms with E-state index in [-0.39, 0.29) is 0 Å². The lowest BCUT2D eigenvalue weighted by Gasteiger charge is -2.07. The molecule has 66 valence electrons. The number of rotatable bonds is 2. The Balaban J connectivity index is 3.10. The molecule has 0 spiro atoms. The molecule has 0 aliphatic carbocycles. The minimum absolute atomic E-state index is 0.656. The Hall–Kier alpha value is -0.530. The molecular weight excluding hydrogens is 170 g/mol. The van der Waals surface area contributed by atoms with Crippen molar-refractivity contribution in [1.82, 2.24) is 0 Å². The van der Waals surface area contributed by atoms with Crippen molar-refractivity contribution in [2.24, 2.45) is 5.73 Å². The molecule has 0 radical (unpaired) electrons. The highest BCUT2D eigenvalue weighted by molar-refractivity contribution is 6.31. The van der Waals surface area contributed by atoms with E-state index in [2.05, 4.69) is 13.0 Å². The van der Waals surface area contributed by atoms with E-state index in [0.717, 1.165) is 11.4 Å². The van der Waals surface area contributed by atoms with Crippen molar-refractivity contribution in [2.75, 3.05) is 6.54 Å². The third-order valence-corrected chi connectivity index (χ3v) is 2.29. The van der Waals surface area contributed by atoms with Gasteiger partial charge >= 0.3 is 0 Å². The van der Waals surface area contributed by atoms with Gasteiger partial charge in [-0.15, -0.1) is 0 Å². The van der Waals surface area contributed by atoms with Crippen LogP contribution in [-0.4, -0.2) is 6.54 Å². The molecule has 0 bridgehead atoms. The molecule has 0 saturated carbocycles. The van der Waals surface area contributed by atoms with Crippen LogP contribution in [0.4, 0.5) is 0 Å². The summed E-state index contributed by atoms with van der Waals surface area (Å²) in [6, 6.07) is 4.12. The average molecular weight is 184 g/mol. The molecule has 2 heteroatoms. The van der Waals surface area contributed by atoms with E-state index < -0.39 is 0 Å². The molecule has 1 aromatic carbocycles. The first kappa shape index (κ1) is 9.56. The minimum Gasteiger partial charge on any atom is -0.330 e. The summed E-state index contributed by atoms with van der Waals surface area (Å²) in [6.45, 7) is 4.78. The molecule has 12 heavy (non-hydrogen) atoms. The molecule has 0 heterocycles. The molecule has 0 amide bonds.